The fourth-order valence-corrected chi connectivity index (χ4v) is 0.996. The van der Waals surface area contributed by atoms with Crippen molar-refractivity contribution >= 4 is 0 Å². The van der Waals surface area contributed by atoms with Crippen molar-refractivity contribution in [2.24, 2.45) is 0 Å². The van der Waals surface area contributed by atoms with Crippen molar-refractivity contribution in [2.75, 3.05) is 6.54 Å². The lowest BCUT2D eigenvalue weighted by Crippen LogP contribution is -2.14. The molecule has 2 nitrogen and oxygen atoms in total. The summed E-state index contributed by atoms with van der Waals surface area (Å²) in [4.78, 5) is 0. The highest BCUT2D eigenvalue weighted by Crippen LogP contribution is 2.02. The third kappa shape index (κ3) is 2.86. The van der Waals surface area contributed by atoms with Crippen molar-refractivity contribution in [3.63, 3.8) is 0 Å². The van der Waals surface area contributed by atoms with Gasteiger partial charge in [-0.15, -0.1) is 6.58 Å². The number of rotatable bonds is 4. The maximum atomic E-state index is 11.1. The van der Waals surface area contributed by atoms with Crippen LogP contribution in [-0.2, 0) is 6.54 Å². The van der Waals surface area contributed by atoms with Crippen LogP contribution in [0.5, 0.6) is 0 Å². The molecule has 1 aromatic rings. The summed E-state index contributed by atoms with van der Waals surface area (Å²) in [6, 6.07) is 9.67. The molecule has 0 spiro atoms. The van der Waals surface area contributed by atoms with Crippen LogP contribution >= 0.6 is 0 Å². The Morgan fingerprint density at radius 2 is 2.00 bits per heavy atom. The van der Waals surface area contributed by atoms with Crippen molar-refractivity contribution in [2.45, 2.75) is 6.54 Å². The number of nitrogens with zero attached hydrogens (tertiary/aromatic N) is 1. The second kappa shape index (κ2) is 4.70. The number of hydroxylamine groups is 2. The van der Waals surface area contributed by atoms with Crippen LogP contribution in [0.2, 0.25) is 0 Å². The van der Waals surface area contributed by atoms with Gasteiger partial charge in [0.15, 0.2) is 0 Å². The van der Waals surface area contributed by atoms with Crippen molar-refractivity contribution in [1.29, 1.82) is 0 Å². The summed E-state index contributed by atoms with van der Waals surface area (Å²) in [7, 11) is 0. The van der Waals surface area contributed by atoms with Crippen LogP contribution < -0.4 is 0 Å². The molecular weight excluding hydrogens is 150 g/mol. The van der Waals surface area contributed by atoms with Crippen molar-refractivity contribution in [1.82, 2.24) is 5.06 Å². The van der Waals surface area contributed by atoms with Gasteiger partial charge >= 0.3 is 0 Å². The molecule has 0 fully saturated rings. The Bertz CT molecular complexity index is 233. The Labute approximate surface area is 72.7 Å². The van der Waals surface area contributed by atoms with Crippen LogP contribution in [0.25, 0.3) is 0 Å². The van der Waals surface area contributed by atoms with Crippen LogP contribution in [0, 0.1) is 5.21 Å². The normalized spacial score (nSPS) is 10.2. The molecule has 0 saturated carbocycles. The Morgan fingerprint density at radius 3 is 2.58 bits per heavy atom. The molecule has 12 heavy (non-hydrogen) atoms. The maximum absolute atomic E-state index is 11.1. The molecule has 0 saturated heterocycles. The molecule has 0 aliphatic rings. The van der Waals surface area contributed by atoms with Gasteiger partial charge in [-0.2, -0.15) is 0 Å². The topological polar surface area (TPSA) is 26.3 Å². The first-order valence-electron chi connectivity index (χ1n) is 3.90. The smallest absolute Gasteiger partial charge is 0.0116 e. The summed E-state index contributed by atoms with van der Waals surface area (Å²) in [5.74, 6) is 0. The molecule has 0 N–H and O–H groups in total. The Morgan fingerprint density at radius 1 is 1.33 bits per heavy atom. The van der Waals surface area contributed by atoms with E-state index in [0.717, 1.165) is 10.6 Å². The average molecular weight is 162 g/mol. The standard InChI is InChI=1S/C10H12NO/c1-2-8-11(12)9-10-6-4-3-5-7-10/h2-7H,1,8-9H2/q-1. The molecule has 0 radical (unpaired) electrons. The van der Waals surface area contributed by atoms with Crippen LogP contribution in [0.1, 0.15) is 5.56 Å². The van der Waals surface area contributed by atoms with E-state index in [1.165, 1.54) is 0 Å². The molecule has 0 aliphatic heterocycles. The summed E-state index contributed by atoms with van der Waals surface area (Å²) < 4.78 is 0. The van der Waals surface area contributed by atoms with E-state index in [2.05, 4.69) is 6.58 Å². The molecule has 0 atom stereocenters. The fraction of sp³-hybridized carbons (Fsp3) is 0.200. The van der Waals surface area contributed by atoms with E-state index in [1.54, 1.807) is 6.08 Å². The van der Waals surface area contributed by atoms with Gasteiger partial charge in [0.25, 0.3) is 0 Å². The van der Waals surface area contributed by atoms with E-state index in [0.29, 0.717) is 13.1 Å². The molecule has 0 unspecified atom stereocenters. The minimum atomic E-state index is 0.384. The largest absolute Gasteiger partial charge is 0.785 e. The van der Waals surface area contributed by atoms with E-state index >= 15 is 0 Å². The first kappa shape index (κ1) is 8.97. The van der Waals surface area contributed by atoms with Gasteiger partial charge in [0.05, 0.1) is 0 Å². The molecule has 1 rings (SSSR count). The van der Waals surface area contributed by atoms with Crippen molar-refractivity contribution < 1.29 is 0 Å². The first-order chi connectivity index (χ1) is 5.83. The highest BCUT2D eigenvalue weighted by Gasteiger charge is 1.90. The molecule has 0 aromatic heterocycles. The van der Waals surface area contributed by atoms with Crippen molar-refractivity contribution in [3.8, 4) is 0 Å². The van der Waals surface area contributed by atoms with Gasteiger partial charge in [-0.25, -0.2) is 0 Å². The molecule has 2 heteroatoms. The average Bonchev–Trinajstić information content (AvgIpc) is 2.06. The Hall–Kier alpha value is -1.12. The zero-order valence-electron chi connectivity index (χ0n) is 6.94. The Balaban J connectivity index is 2.46. The van der Waals surface area contributed by atoms with Crippen LogP contribution in [-0.4, -0.2) is 11.6 Å². The predicted molar refractivity (Wildman–Crippen MR) is 50.4 cm³/mol. The SMILES string of the molecule is C=CCN([O-])Cc1ccccc1. The maximum Gasteiger partial charge on any atom is 0.0116 e. The molecule has 0 amide bonds. The summed E-state index contributed by atoms with van der Waals surface area (Å²) in [5.41, 5.74) is 1.04. The molecule has 1 aromatic carbocycles. The third-order valence-corrected chi connectivity index (χ3v) is 1.53. The van der Waals surface area contributed by atoms with E-state index in [9.17, 15) is 5.21 Å². The highest BCUT2D eigenvalue weighted by molar-refractivity contribution is 5.14. The molecule has 64 valence electrons. The molecule has 0 heterocycles. The zero-order chi connectivity index (χ0) is 8.81. The van der Waals surface area contributed by atoms with Gasteiger partial charge < -0.3 is 10.3 Å². The minimum Gasteiger partial charge on any atom is -0.785 e. The van der Waals surface area contributed by atoms with Crippen LogP contribution in [0.4, 0.5) is 0 Å². The predicted octanol–water partition coefficient (Wildman–Crippen LogP) is 2.17. The lowest BCUT2D eigenvalue weighted by molar-refractivity contribution is 0.411. The van der Waals surface area contributed by atoms with Gasteiger partial charge in [-0.3, -0.25) is 0 Å². The highest BCUT2D eigenvalue weighted by atomic mass is 16.5. The first-order valence-corrected chi connectivity index (χ1v) is 3.90. The molecular formula is C10H12NO-. The summed E-state index contributed by atoms with van der Waals surface area (Å²) in [6.07, 6.45) is 1.61. The number of hydrogen-bond acceptors (Lipinski definition) is 2. The van der Waals surface area contributed by atoms with Crippen LogP contribution in [0.15, 0.2) is 43.0 Å². The quantitative estimate of drug-likeness (QED) is 0.501. The lowest BCUT2D eigenvalue weighted by atomic mass is 10.2. The van der Waals surface area contributed by atoms with Gasteiger partial charge in [0, 0.05) is 13.1 Å². The minimum absolute atomic E-state index is 0.384. The lowest BCUT2D eigenvalue weighted by Gasteiger charge is -2.26. The van der Waals surface area contributed by atoms with E-state index < -0.39 is 0 Å². The van der Waals surface area contributed by atoms with Crippen molar-refractivity contribution in [3.05, 3.63) is 53.8 Å². The van der Waals surface area contributed by atoms with E-state index in [4.69, 9.17) is 0 Å². The van der Waals surface area contributed by atoms with E-state index in [-0.39, 0.29) is 0 Å². The fourth-order valence-electron chi connectivity index (χ4n) is 0.996. The van der Waals surface area contributed by atoms with Gasteiger partial charge in [0.2, 0.25) is 0 Å². The zero-order valence-corrected chi connectivity index (χ0v) is 6.94. The summed E-state index contributed by atoms with van der Waals surface area (Å²) >= 11 is 0. The second-order valence-electron chi connectivity index (χ2n) is 2.60. The number of benzene rings is 1. The third-order valence-electron chi connectivity index (χ3n) is 1.53. The molecule has 0 aliphatic carbocycles. The molecule has 0 bridgehead atoms. The van der Waals surface area contributed by atoms with Gasteiger partial charge in [-0.05, 0) is 5.56 Å². The Kier molecular flexibility index (Phi) is 3.51. The second-order valence-corrected chi connectivity index (χ2v) is 2.60. The van der Waals surface area contributed by atoms with Gasteiger partial charge in [0.1, 0.15) is 0 Å². The monoisotopic (exact) mass is 162 g/mol. The summed E-state index contributed by atoms with van der Waals surface area (Å²) in [5, 5.41) is 12.0. The summed E-state index contributed by atoms with van der Waals surface area (Å²) in [6.45, 7) is 4.32. The van der Waals surface area contributed by atoms with Crippen LogP contribution in [0.3, 0.4) is 0 Å². The van der Waals surface area contributed by atoms with Gasteiger partial charge in [-0.1, -0.05) is 36.4 Å². The van der Waals surface area contributed by atoms with E-state index in [1.807, 2.05) is 30.3 Å². The number of hydrogen-bond donors (Lipinski definition) is 0.